The molecule has 0 aromatic rings. The maximum Gasteiger partial charge on any atom is 0.325 e. The van der Waals surface area contributed by atoms with Crippen molar-refractivity contribution < 1.29 is 29.6 Å². The number of hydrogen-bond acceptors (Lipinski definition) is 7. The van der Waals surface area contributed by atoms with Crippen molar-refractivity contribution in [1.82, 2.24) is 0 Å². The number of unbranched alkanes of at least 4 members (excludes halogenated alkanes) is 1. The van der Waals surface area contributed by atoms with Crippen LogP contribution in [0.1, 0.15) is 26.7 Å². The van der Waals surface area contributed by atoms with Crippen molar-refractivity contribution in [1.29, 1.82) is 0 Å². The molecule has 1 aliphatic rings. The molecule has 112 valence electrons. The van der Waals surface area contributed by atoms with Gasteiger partial charge in [0, 0.05) is 0 Å². The molecule has 5 N–H and O–H groups in total. The zero-order valence-corrected chi connectivity index (χ0v) is 11.2. The third kappa shape index (κ3) is 3.87. The first-order valence-electron chi connectivity index (χ1n) is 6.52. The van der Waals surface area contributed by atoms with Gasteiger partial charge in [-0.3, -0.25) is 4.79 Å². The van der Waals surface area contributed by atoms with Gasteiger partial charge in [-0.2, -0.15) is 0 Å². The Labute approximate surface area is 112 Å². The van der Waals surface area contributed by atoms with Crippen molar-refractivity contribution in [2.24, 2.45) is 5.73 Å². The Morgan fingerprint density at radius 3 is 2.53 bits per heavy atom. The van der Waals surface area contributed by atoms with Crippen molar-refractivity contribution in [2.45, 2.75) is 63.3 Å². The number of carbonyl (C=O) groups is 1. The molecule has 0 unspecified atom stereocenters. The number of hydrogen-bond donors (Lipinski definition) is 4. The van der Waals surface area contributed by atoms with Crippen LogP contribution in [0.2, 0.25) is 0 Å². The van der Waals surface area contributed by atoms with Gasteiger partial charge in [0.05, 0.1) is 12.7 Å². The first kappa shape index (κ1) is 16.3. The number of carbonyl (C=O) groups excluding carboxylic acids is 1. The van der Waals surface area contributed by atoms with E-state index < -0.39 is 42.5 Å². The number of aliphatic hydroxyl groups is 3. The first-order chi connectivity index (χ1) is 8.90. The van der Waals surface area contributed by atoms with Crippen molar-refractivity contribution in [3.05, 3.63) is 0 Å². The van der Waals surface area contributed by atoms with E-state index in [1.54, 1.807) is 0 Å². The molecular weight excluding hydrogens is 254 g/mol. The maximum atomic E-state index is 11.7. The molecule has 19 heavy (non-hydrogen) atoms. The lowest BCUT2D eigenvalue weighted by atomic mass is 9.92. The Bertz CT molecular complexity index is 300. The Morgan fingerprint density at radius 2 is 1.95 bits per heavy atom. The number of nitrogens with two attached hydrogens (primary N) is 1. The van der Waals surface area contributed by atoms with Crippen molar-refractivity contribution in [3.63, 3.8) is 0 Å². The van der Waals surface area contributed by atoms with Crippen LogP contribution in [0.25, 0.3) is 0 Å². The lowest BCUT2D eigenvalue weighted by Crippen LogP contribution is -2.63. The summed E-state index contributed by atoms with van der Waals surface area (Å²) >= 11 is 0. The minimum Gasteiger partial charge on any atom is -0.464 e. The molecule has 0 amide bonds. The zero-order valence-electron chi connectivity index (χ0n) is 11.2. The van der Waals surface area contributed by atoms with E-state index >= 15 is 0 Å². The number of aliphatic hydroxyl groups excluding tert-OH is 3. The van der Waals surface area contributed by atoms with E-state index in [4.69, 9.17) is 15.2 Å². The van der Waals surface area contributed by atoms with Crippen LogP contribution in [0.5, 0.6) is 0 Å². The largest absolute Gasteiger partial charge is 0.464 e. The highest BCUT2D eigenvalue weighted by Gasteiger charge is 2.46. The molecule has 1 fully saturated rings. The van der Waals surface area contributed by atoms with Gasteiger partial charge in [0.25, 0.3) is 0 Å². The lowest BCUT2D eigenvalue weighted by Gasteiger charge is -2.40. The molecular formula is C12H23NO6. The average molecular weight is 277 g/mol. The summed E-state index contributed by atoms with van der Waals surface area (Å²) in [5.74, 6) is -0.687. The van der Waals surface area contributed by atoms with Crippen LogP contribution in [-0.2, 0) is 14.3 Å². The summed E-state index contributed by atoms with van der Waals surface area (Å²) in [5, 5.41) is 29.0. The predicted molar refractivity (Wildman–Crippen MR) is 66.2 cm³/mol. The summed E-state index contributed by atoms with van der Waals surface area (Å²) in [4.78, 5) is 11.7. The second kappa shape index (κ2) is 7.16. The molecule has 0 aliphatic carbocycles. The second-order valence-electron chi connectivity index (χ2n) is 4.82. The van der Waals surface area contributed by atoms with Crippen LogP contribution in [0, 0.1) is 0 Å². The SMILES string of the molecule is CCCCOC(=O)[C@@H](N)[C@@H]1O[C@H](C)[C@H](O)[C@H](O)[C@H]1O. The van der Waals surface area contributed by atoms with Crippen LogP contribution < -0.4 is 5.73 Å². The summed E-state index contributed by atoms with van der Waals surface area (Å²) < 4.78 is 10.2. The van der Waals surface area contributed by atoms with E-state index in [2.05, 4.69) is 0 Å². The fraction of sp³-hybridized carbons (Fsp3) is 0.917. The Balaban J connectivity index is 2.60. The van der Waals surface area contributed by atoms with Gasteiger partial charge in [0.15, 0.2) is 0 Å². The topological polar surface area (TPSA) is 122 Å². The smallest absolute Gasteiger partial charge is 0.325 e. The van der Waals surface area contributed by atoms with Gasteiger partial charge in [0.1, 0.15) is 30.5 Å². The van der Waals surface area contributed by atoms with E-state index in [1.807, 2.05) is 6.92 Å². The molecule has 0 spiro atoms. The Hall–Kier alpha value is -0.730. The third-order valence-electron chi connectivity index (χ3n) is 3.26. The average Bonchev–Trinajstić information content (AvgIpc) is 2.39. The normalized spacial score (nSPS) is 36.8. The molecule has 1 saturated heterocycles. The van der Waals surface area contributed by atoms with Crippen LogP contribution in [0.4, 0.5) is 0 Å². The molecule has 0 radical (unpaired) electrons. The summed E-state index contributed by atoms with van der Waals surface area (Å²) in [5.41, 5.74) is 5.68. The first-order valence-corrected chi connectivity index (χ1v) is 6.52. The van der Waals surface area contributed by atoms with Gasteiger partial charge < -0.3 is 30.5 Å². The van der Waals surface area contributed by atoms with Crippen LogP contribution in [0.3, 0.4) is 0 Å². The molecule has 6 atom stereocenters. The highest BCUT2D eigenvalue weighted by Crippen LogP contribution is 2.22. The van der Waals surface area contributed by atoms with Gasteiger partial charge >= 0.3 is 5.97 Å². The van der Waals surface area contributed by atoms with Gasteiger partial charge in [-0.15, -0.1) is 0 Å². The van der Waals surface area contributed by atoms with Crippen molar-refractivity contribution in [2.75, 3.05) is 6.61 Å². The molecule has 0 aromatic heterocycles. The monoisotopic (exact) mass is 277 g/mol. The molecule has 0 saturated carbocycles. The summed E-state index contributed by atoms with van der Waals surface area (Å²) in [6.45, 7) is 3.75. The fourth-order valence-corrected chi connectivity index (χ4v) is 1.93. The molecule has 7 nitrogen and oxygen atoms in total. The predicted octanol–water partition coefficient (Wildman–Crippen LogP) is -1.47. The van der Waals surface area contributed by atoms with Crippen LogP contribution >= 0.6 is 0 Å². The van der Waals surface area contributed by atoms with Crippen LogP contribution in [0.15, 0.2) is 0 Å². The quantitative estimate of drug-likeness (QED) is 0.357. The molecule has 1 aliphatic heterocycles. The zero-order chi connectivity index (χ0) is 14.6. The molecule has 1 heterocycles. The second-order valence-corrected chi connectivity index (χ2v) is 4.82. The molecule has 7 heteroatoms. The molecule has 0 bridgehead atoms. The Kier molecular flexibility index (Phi) is 6.15. The third-order valence-corrected chi connectivity index (χ3v) is 3.26. The van der Waals surface area contributed by atoms with Crippen molar-refractivity contribution >= 4 is 5.97 Å². The standard InChI is InChI=1S/C12H23NO6/c1-3-4-5-18-12(17)7(13)11-10(16)9(15)8(14)6(2)19-11/h6-11,14-16H,3-5,13H2,1-2H3/t6-,7+,8+,9+,10-,11+/m1/s1. The number of rotatable bonds is 5. The summed E-state index contributed by atoms with van der Waals surface area (Å²) in [6.07, 6.45) is -4.25. The van der Waals surface area contributed by atoms with Crippen LogP contribution in [-0.4, -0.2) is 64.5 Å². The maximum absolute atomic E-state index is 11.7. The summed E-state index contributed by atoms with van der Waals surface area (Å²) in [7, 11) is 0. The summed E-state index contributed by atoms with van der Waals surface area (Å²) in [6, 6.07) is -1.20. The van der Waals surface area contributed by atoms with E-state index in [9.17, 15) is 20.1 Å². The fourth-order valence-electron chi connectivity index (χ4n) is 1.93. The minimum atomic E-state index is -1.43. The highest BCUT2D eigenvalue weighted by atomic mass is 16.6. The highest BCUT2D eigenvalue weighted by molar-refractivity contribution is 5.76. The van der Waals surface area contributed by atoms with E-state index in [-0.39, 0.29) is 6.61 Å². The van der Waals surface area contributed by atoms with Gasteiger partial charge in [-0.1, -0.05) is 13.3 Å². The molecule has 1 rings (SSSR count). The number of ether oxygens (including phenoxy) is 2. The van der Waals surface area contributed by atoms with Gasteiger partial charge in [-0.05, 0) is 13.3 Å². The Morgan fingerprint density at radius 1 is 1.32 bits per heavy atom. The molecule has 0 aromatic carbocycles. The van der Waals surface area contributed by atoms with Gasteiger partial charge in [-0.25, -0.2) is 0 Å². The van der Waals surface area contributed by atoms with E-state index in [0.717, 1.165) is 12.8 Å². The van der Waals surface area contributed by atoms with E-state index in [0.29, 0.717) is 0 Å². The van der Waals surface area contributed by atoms with E-state index in [1.165, 1.54) is 6.92 Å². The minimum absolute atomic E-state index is 0.257. The lowest BCUT2D eigenvalue weighted by molar-refractivity contribution is -0.224. The number of esters is 1. The van der Waals surface area contributed by atoms with Gasteiger partial charge in [0.2, 0.25) is 0 Å². The van der Waals surface area contributed by atoms with Crippen molar-refractivity contribution in [3.8, 4) is 0 Å².